The highest BCUT2D eigenvalue weighted by Gasteiger charge is 2.00. The van der Waals surface area contributed by atoms with Crippen LogP contribution in [0.1, 0.15) is 18.4 Å². The number of nitrogens with zero attached hydrogens (tertiary/aromatic N) is 1. The van der Waals surface area contributed by atoms with Crippen molar-refractivity contribution in [3.8, 4) is 0 Å². The molecule has 0 fully saturated rings. The number of nitrogens with two attached hydrogens (primary N) is 1. The maximum atomic E-state index is 11.3. The number of H-pyrrole nitrogens is 1. The Morgan fingerprint density at radius 3 is 2.87 bits per heavy atom. The molecule has 3 N–H and O–H groups in total. The molecule has 1 heterocycles. The molecule has 0 bridgehead atoms. The van der Waals surface area contributed by atoms with Gasteiger partial charge in [-0.25, -0.2) is 4.79 Å². The van der Waals surface area contributed by atoms with E-state index in [1.165, 1.54) is 4.57 Å². The van der Waals surface area contributed by atoms with Gasteiger partial charge in [-0.05, 0) is 19.8 Å². The van der Waals surface area contributed by atoms with Crippen LogP contribution in [-0.2, 0) is 6.54 Å². The van der Waals surface area contributed by atoms with E-state index in [9.17, 15) is 9.59 Å². The van der Waals surface area contributed by atoms with Crippen molar-refractivity contribution < 1.29 is 0 Å². The third-order valence-corrected chi connectivity index (χ3v) is 2.22. The lowest BCUT2D eigenvalue weighted by Gasteiger charge is -2.04. The fourth-order valence-corrected chi connectivity index (χ4v) is 1.35. The fraction of sp³-hybridized carbons (Fsp3) is 0.444. The van der Waals surface area contributed by atoms with Gasteiger partial charge >= 0.3 is 5.69 Å². The monoisotopic (exact) mass is 227 g/mol. The second kappa shape index (κ2) is 4.88. The van der Waals surface area contributed by atoms with Crippen molar-refractivity contribution in [1.29, 1.82) is 0 Å². The van der Waals surface area contributed by atoms with Gasteiger partial charge in [0.1, 0.15) is 0 Å². The molecule has 1 aromatic rings. The summed E-state index contributed by atoms with van der Waals surface area (Å²) in [5.41, 5.74) is 5.12. The Morgan fingerprint density at radius 2 is 2.27 bits per heavy atom. The molecule has 15 heavy (non-hydrogen) atoms. The van der Waals surface area contributed by atoms with Crippen LogP contribution >= 0.6 is 12.2 Å². The first-order chi connectivity index (χ1) is 7.00. The molecule has 0 aliphatic carbocycles. The number of aromatic amines is 1. The molecule has 0 radical (unpaired) electrons. The topological polar surface area (TPSA) is 80.9 Å². The van der Waals surface area contributed by atoms with Gasteiger partial charge in [0, 0.05) is 18.3 Å². The predicted molar refractivity (Wildman–Crippen MR) is 62.1 cm³/mol. The van der Waals surface area contributed by atoms with Crippen LogP contribution < -0.4 is 17.0 Å². The van der Waals surface area contributed by atoms with E-state index in [-0.39, 0.29) is 5.56 Å². The third kappa shape index (κ3) is 3.32. The van der Waals surface area contributed by atoms with E-state index >= 15 is 0 Å². The van der Waals surface area contributed by atoms with Crippen molar-refractivity contribution in [3.63, 3.8) is 0 Å². The van der Waals surface area contributed by atoms with E-state index in [2.05, 4.69) is 4.98 Å². The van der Waals surface area contributed by atoms with Gasteiger partial charge in [-0.2, -0.15) is 0 Å². The molecular weight excluding hydrogens is 214 g/mol. The Bertz CT molecular complexity index is 475. The number of rotatable bonds is 4. The van der Waals surface area contributed by atoms with E-state index in [1.807, 2.05) is 0 Å². The van der Waals surface area contributed by atoms with E-state index in [0.29, 0.717) is 29.9 Å². The van der Waals surface area contributed by atoms with Gasteiger partial charge in [-0.3, -0.25) is 9.78 Å². The lowest BCUT2D eigenvalue weighted by molar-refractivity contribution is 0.614. The van der Waals surface area contributed by atoms with E-state index in [1.54, 1.807) is 13.1 Å². The van der Waals surface area contributed by atoms with Crippen molar-refractivity contribution in [2.45, 2.75) is 26.3 Å². The SMILES string of the molecule is Cc1cn(CCCC(N)=S)c(=O)[nH]c1=O. The molecule has 0 saturated heterocycles. The van der Waals surface area contributed by atoms with Gasteiger partial charge in [0.2, 0.25) is 0 Å². The minimum absolute atomic E-state index is 0.342. The maximum Gasteiger partial charge on any atom is 0.328 e. The molecule has 82 valence electrons. The van der Waals surface area contributed by atoms with Crippen molar-refractivity contribution in [3.05, 3.63) is 32.6 Å². The van der Waals surface area contributed by atoms with Crippen molar-refractivity contribution in [1.82, 2.24) is 9.55 Å². The molecule has 0 spiro atoms. The summed E-state index contributed by atoms with van der Waals surface area (Å²) in [4.78, 5) is 25.0. The lowest BCUT2D eigenvalue weighted by Crippen LogP contribution is -2.31. The van der Waals surface area contributed by atoms with Crippen LogP contribution in [0.3, 0.4) is 0 Å². The molecule has 0 atom stereocenters. The predicted octanol–water partition coefficient (Wildman–Crippen LogP) is -0.0887. The van der Waals surface area contributed by atoms with Crippen LogP contribution in [0.5, 0.6) is 0 Å². The average Bonchev–Trinajstić information content (AvgIpc) is 2.13. The smallest absolute Gasteiger partial charge is 0.328 e. The second-order valence-electron chi connectivity index (χ2n) is 3.33. The molecule has 6 heteroatoms. The number of thiocarbonyl (C=S) groups is 1. The minimum atomic E-state index is -0.395. The number of aryl methyl sites for hydroxylation is 2. The zero-order valence-corrected chi connectivity index (χ0v) is 9.26. The summed E-state index contributed by atoms with van der Waals surface area (Å²) >= 11 is 4.72. The van der Waals surface area contributed by atoms with Crippen molar-refractivity contribution >= 4 is 17.2 Å². The van der Waals surface area contributed by atoms with Crippen molar-refractivity contribution in [2.75, 3.05) is 0 Å². The van der Waals surface area contributed by atoms with Crippen LogP contribution in [0.4, 0.5) is 0 Å². The fourth-order valence-electron chi connectivity index (χ4n) is 1.21. The van der Waals surface area contributed by atoms with Gasteiger partial charge in [-0.1, -0.05) is 12.2 Å². The van der Waals surface area contributed by atoms with Crippen LogP contribution in [0, 0.1) is 6.92 Å². The Hall–Kier alpha value is -1.43. The molecule has 0 aromatic carbocycles. The molecule has 5 nitrogen and oxygen atoms in total. The molecule has 1 aromatic heterocycles. The highest BCUT2D eigenvalue weighted by Crippen LogP contribution is 1.93. The van der Waals surface area contributed by atoms with Gasteiger partial charge < -0.3 is 10.3 Å². The van der Waals surface area contributed by atoms with E-state index in [4.69, 9.17) is 18.0 Å². The Kier molecular flexibility index (Phi) is 3.79. The molecule has 1 rings (SSSR count). The summed E-state index contributed by atoms with van der Waals surface area (Å²) in [5.74, 6) is 0. The first-order valence-corrected chi connectivity index (χ1v) is 5.00. The summed E-state index contributed by atoms with van der Waals surface area (Å²) in [5, 5.41) is 0. The summed E-state index contributed by atoms with van der Waals surface area (Å²) in [6.07, 6.45) is 2.83. The maximum absolute atomic E-state index is 11.3. The van der Waals surface area contributed by atoms with Crippen LogP contribution in [0.25, 0.3) is 0 Å². The first kappa shape index (κ1) is 11.6. The Balaban J connectivity index is 2.78. The number of hydrogen-bond donors (Lipinski definition) is 2. The summed E-state index contributed by atoms with van der Waals surface area (Å²) in [6.45, 7) is 2.16. The summed E-state index contributed by atoms with van der Waals surface area (Å²) < 4.78 is 1.45. The van der Waals surface area contributed by atoms with E-state index < -0.39 is 5.69 Å². The highest BCUT2D eigenvalue weighted by atomic mass is 32.1. The van der Waals surface area contributed by atoms with Crippen LogP contribution in [0.2, 0.25) is 0 Å². The largest absolute Gasteiger partial charge is 0.393 e. The Labute approximate surface area is 91.9 Å². The van der Waals surface area contributed by atoms with Gasteiger partial charge in [0.05, 0.1) is 4.99 Å². The number of aromatic nitrogens is 2. The molecular formula is C9H13N3O2S. The van der Waals surface area contributed by atoms with Crippen LogP contribution in [0.15, 0.2) is 15.8 Å². The lowest BCUT2D eigenvalue weighted by atomic mass is 10.3. The summed E-state index contributed by atoms with van der Waals surface area (Å²) in [7, 11) is 0. The number of nitrogens with one attached hydrogen (secondary N) is 1. The second-order valence-corrected chi connectivity index (χ2v) is 3.86. The molecule has 0 aliphatic rings. The average molecular weight is 227 g/mol. The standard InChI is InChI=1S/C9H13N3O2S/c1-6-5-12(4-2-3-7(10)15)9(14)11-8(6)13/h5H,2-4H2,1H3,(H2,10,15)(H,11,13,14). The molecule has 0 unspecified atom stereocenters. The molecule has 0 aliphatic heterocycles. The van der Waals surface area contributed by atoms with E-state index in [0.717, 1.165) is 0 Å². The quantitative estimate of drug-likeness (QED) is 0.704. The first-order valence-electron chi connectivity index (χ1n) is 4.59. The van der Waals surface area contributed by atoms with Crippen LogP contribution in [-0.4, -0.2) is 14.5 Å². The highest BCUT2D eigenvalue weighted by molar-refractivity contribution is 7.80. The zero-order valence-electron chi connectivity index (χ0n) is 8.45. The minimum Gasteiger partial charge on any atom is -0.393 e. The third-order valence-electron chi connectivity index (χ3n) is 2.01. The van der Waals surface area contributed by atoms with Gasteiger partial charge in [0.15, 0.2) is 0 Å². The van der Waals surface area contributed by atoms with Gasteiger partial charge in [0.25, 0.3) is 5.56 Å². The van der Waals surface area contributed by atoms with Crippen molar-refractivity contribution in [2.24, 2.45) is 5.73 Å². The number of hydrogen-bond acceptors (Lipinski definition) is 3. The summed E-state index contributed by atoms with van der Waals surface area (Å²) in [6, 6.07) is 0. The molecule has 0 saturated carbocycles. The molecule has 0 amide bonds. The normalized spacial score (nSPS) is 10.2. The zero-order chi connectivity index (χ0) is 11.4. The van der Waals surface area contributed by atoms with Gasteiger partial charge in [-0.15, -0.1) is 0 Å². The Morgan fingerprint density at radius 1 is 1.60 bits per heavy atom.